The van der Waals surface area contributed by atoms with E-state index >= 15 is 0 Å². The number of rotatable bonds is 6. The number of aryl methyl sites for hydroxylation is 1. The van der Waals surface area contributed by atoms with Gasteiger partial charge in [-0.2, -0.15) is 11.8 Å². The predicted octanol–water partition coefficient (Wildman–Crippen LogP) is 4.44. The Morgan fingerprint density at radius 1 is 1.21 bits per heavy atom. The molecule has 0 saturated heterocycles. The lowest BCUT2D eigenvalue weighted by atomic mass is 9.46. The third-order valence-electron chi connectivity index (χ3n) is 9.65. The molecule has 178 valence electrons. The van der Waals surface area contributed by atoms with Crippen LogP contribution in [0.15, 0.2) is 30.2 Å². The number of aromatic nitrogens is 2. The first kappa shape index (κ1) is 23.2. The average Bonchev–Trinajstić information content (AvgIpc) is 3.14. The monoisotopic (exact) mass is 468 g/mol. The van der Waals surface area contributed by atoms with Crippen LogP contribution >= 0.6 is 11.8 Å². The lowest BCUT2D eigenvalue weighted by Gasteiger charge is -2.59. The van der Waals surface area contributed by atoms with E-state index in [2.05, 4.69) is 23.8 Å². The van der Waals surface area contributed by atoms with Crippen molar-refractivity contribution in [2.24, 2.45) is 34.5 Å². The van der Waals surface area contributed by atoms with Gasteiger partial charge in [0.15, 0.2) is 5.78 Å². The van der Waals surface area contributed by atoms with Crippen molar-refractivity contribution >= 4 is 23.3 Å². The highest BCUT2D eigenvalue weighted by molar-refractivity contribution is 7.99. The van der Waals surface area contributed by atoms with E-state index in [4.69, 9.17) is 0 Å². The largest absolute Gasteiger partial charge is 0.393 e. The zero-order valence-corrected chi connectivity index (χ0v) is 20.7. The molecule has 1 aromatic rings. The van der Waals surface area contributed by atoms with Gasteiger partial charge in [0.1, 0.15) is 5.78 Å². The Hall–Kier alpha value is -1.53. The minimum Gasteiger partial charge on any atom is -0.393 e. The SMILES string of the molecule is CC12CCC(=O)C=C1CCC1C2[C@@H](O)CC2(C)C(C(=O)CSCCc3cnccn3)CCC12. The van der Waals surface area contributed by atoms with Crippen LogP contribution < -0.4 is 0 Å². The standard InChI is InChI=1S/C27H36N2O3S/c1-26-9-7-19(30)13-17(26)3-4-20-21-5-6-22(27(21,2)14-23(31)25(20)26)24(32)16-33-12-8-18-15-28-10-11-29-18/h10-11,13,15,20-23,25,31H,3-9,12,14,16H2,1-2H3/t20?,21?,22?,23-,25?,26?,27?/m0/s1. The van der Waals surface area contributed by atoms with Gasteiger partial charge in [0.2, 0.25) is 0 Å². The van der Waals surface area contributed by atoms with Crippen LogP contribution in [0.25, 0.3) is 0 Å². The summed E-state index contributed by atoms with van der Waals surface area (Å²) < 4.78 is 0. The fourth-order valence-corrected chi connectivity index (χ4v) is 9.03. The van der Waals surface area contributed by atoms with Gasteiger partial charge in [0, 0.05) is 37.4 Å². The Kier molecular flexibility index (Phi) is 6.28. The second kappa shape index (κ2) is 8.92. The topological polar surface area (TPSA) is 80.1 Å². The van der Waals surface area contributed by atoms with Crippen molar-refractivity contribution in [1.82, 2.24) is 9.97 Å². The molecule has 6 unspecified atom stereocenters. The number of Topliss-reactive ketones (excluding diaryl/α,β-unsaturated/α-hetero) is 1. The molecule has 0 amide bonds. The molecule has 0 spiro atoms. The Labute approximate surface area is 201 Å². The summed E-state index contributed by atoms with van der Waals surface area (Å²) in [5.74, 6) is 3.26. The Morgan fingerprint density at radius 3 is 2.85 bits per heavy atom. The minimum absolute atomic E-state index is 0.0554. The number of aliphatic hydroxyl groups excluding tert-OH is 1. The van der Waals surface area contributed by atoms with Crippen LogP contribution in [-0.2, 0) is 16.0 Å². The van der Waals surface area contributed by atoms with Crippen molar-refractivity contribution < 1.29 is 14.7 Å². The van der Waals surface area contributed by atoms with Crippen molar-refractivity contribution in [3.63, 3.8) is 0 Å². The van der Waals surface area contributed by atoms with Crippen LogP contribution in [-0.4, -0.2) is 44.3 Å². The molecule has 1 N–H and O–H groups in total. The highest BCUT2D eigenvalue weighted by atomic mass is 32.2. The maximum absolute atomic E-state index is 13.3. The Balaban J connectivity index is 1.26. The first-order chi connectivity index (χ1) is 15.8. The number of aliphatic hydroxyl groups is 1. The Morgan fingerprint density at radius 2 is 2.06 bits per heavy atom. The van der Waals surface area contributed by atoms with Gasteiger partial charge < -0.3 is 5.11 Å². The lowest BCUT2D eigenvalue weighted by Crippen LogP contribution is -2.57. The maximum atomic E-state index is 13.3. The van der Waals surface area contributed by atoms with Gasteiger partial charge in [0.05, 0.1) is 17.6 Å². The second-order valence-corrected chi connectivity index (χ2v) is 12.4. The zero-order valence-electron chi connectivity index (χ0n) is 19.8. The first-order valence-electron chi connectivity index (χ1n) is 12.6. The van der Waals surface area contributed by atoms with E-state index in [0.717, 1.165) is 56.4 Å². The van der Waals surface area contributed by atoms with Gasteiger partial charge in [-0.05, 0) is 78.9 Å². The number of nitrogens with zero attached hydrogens (tertiary/aromatic N) is 2. The van der Waals surface area contributed by atoms with Crippen LogP contribution in [0.5, 0.6) is 0 Å². The van der Waals surface area contributed by atoms with E-state index in [-0.39, 0.29) is 28.4 Å². The third kappa shape index (κ3) is 4.01. The van der Waals surface area contributed by atoms with Crippen LogP contribution in [0.2, 0.25) is 0 Å². The molecule has 0 aliphatic heterocycles. The third-order valence-corrected chi connectivity index (χ3v) is 10.6. The van der Waals surface area contributed by atoms with Crippen molar-refractivity contribution in [2.75, 3.05) is 11.5 Å². The molecule has 4 aliphatic rings. The fraction of sp³-hybridized carbons (Fsp3) is 0.704. The van der Waals surface area contributed by atoms with Crippen LogP contribution in [0.4, 0.5) is 0 Å². The number of thioether (sulfide) groups is 1. The summed E-state index contributed by atoms with van der Waals surface area (Å²) in [6, 6.07) is 0. The van der Waals surface area contributed by atoms with Crippen LogP contribution in [0, 0.1) is 34.5 Å². The predicted molar refractivity (Wildman–Crippen MR) is 130 cm³/mol. The number of hydrogen-bond acceptors (Lipinski definition) is 6. The van der Waals surface area contributed by atoms with E-state index in [1.807, 2.05) is 6.08 Å². The highest BCUT2D eigenvalue weighted by Crippen LogP contribution is 2.66. The van der Waals surface area contributed by atoms with Gasteiger partial charge in [-0.25, -0.2) is 0 Å². The van der Waals surface area contributed by atoms with Gasteiger partial charge in [-0.1, -0.05) is 19.4 Å². The molecule has 3 saturated carbocycles. The van der Waals surface area contributed by atoms with Crippen molar-refractivity contribution in [3.05, 3.63) is 35.9 Å². The van der Waals surface area contributed by atoms with Gasteiger partial charge in [0.25, 0.3) is 0 Å². The molecule has 7 atom stereocenters. The van der Waals surface area contributed by atoms with Crippen molar-refractivity contribution in [3.8, 4) is 0 Å². The minimum atomic E-state index is -0.393. The molecular weight excluding hydrogens is 432 g/mol. The second-order valence-electron chi connectivity index (χ2n) is 11.3. The average molecular weight is 469 g/mol. The van der Waals surface area contributed by atoms with E-state index in [0.29, 0.717) is 29.8 Å². The van der Waals surface area contributed by atoms with Gasteiger partial charge >= 0.3 is 0 Å². The summed E-state index contributed by atoms with van der Waals surface area (Å²) in [6.45, 7) is 4.58. The number of fused-ring (bicyclic) bond motifs is 5. The van der Waals surface area contributed by atoms with E-state index in [1.165, 1.54) is 5.57 Å². The molecule has 33 heavy (non-hydrogen) atoms. The number of allylic oxidation sites excluding steroid dienone is 1. The molecule has 5 nitrogen and oxygen atoms in total. The summed E-state index contributed by atoms with van der Waals surface area (Å²) in [6.07, 6.45) is 13.8. The fourth-order valence-electron chi connectivity index (χ4n) is 8.13. The summed E-state index contributed by atoms with van der Waals surface area (Å²) in [7, 11) is 0. The molecule has 4 aliphatic carbocycles. The lowest BCUT2D eigenvalue weighted by molar-refractivity contribution is -0.143. The number of ketones is 2. The highest BCUT2D eigenvalue weighted by Gasteiger charge is 2.62. The summed E-state index contributed by atoms with van der Waals surface area (Å²) in [5, 5.41) is 11.5. The van der Waals surface area contributed by atoms with Crippen LogP contribution in [0.3, 0.4) is 0 Å². The maximum Gasteiger partial charge on any atom is 0.155 e. The van der Waals surface area contributed by atoms with Crippen molar-refractivity contribution in [2.45, 2.75) is 71.3 Å². The van der Waals surface area contributed by atoms with Crippen LogP contribution in [0.1, 0.15) is 64.5 Å². The summed E-state index contributed by atoms with van der Waals surface area (Å²) in [4.78, 5) is 33.8. The smallest absolute Gasteiger partial charge is 0.155 e. The van der Waals surface area contributed by atoms with Gasteiger partial charge in [-0.15, -0.1) is 0 Å². The quantitative estimate of drug-likeness (QED) is 0.622. The molecule has 1 aromatic heterocycles. The summed E-state index contributed by atoms with van der Waals surface area (Å²) in [5.41, 5.74) is 2.07. The molecule has 6 heteroatoms. The number of carbonyl (C=O) groups is 2. The van der Waals surface area contributed by atoms with E-state index in [1.54, 1.807) is 30.4 Å². The first-order valence-corrected chi connectivity index (χ1v) is 13.8. The molecule has 0 bridgehead atoms. The molecule has 5 rings (SSSR count). The van der Waals surface area contributed by atoms with E-state index in [9.17, 15) is 14.7 Å². The molecule has 1 heterocycles. The van der Waals surface area contributed by atoms with Gasteiger partial charge in [-0.3, -0.25) is 19.6 Å². The molecule has 3 fully saturated rings. The molecular formula is C27H36N2O3S. The number of hydrogen-bond donors (Lipinski definition) is 1. The number of carbonyl (C=O) groups excluding carboxylic acids is 2. The normalized spacial score (nSPS) is 39.9. The van der Waals surface area contributed by atoms with E-state index < -0.39 is 6.10 Å². The molecule has 0 radical (unpaired) electrons. The molecule has 0 aromatic carbocycles. The van der Waals surface area contributed by atoms with Crippen molar-refractivity contribution in [1.29, 1.82) is 0 Å². The zero-order chi connectivity index (χ0) is 23.2. The Bertz CT molecular complexity index is 950. The summed E-state index contributed by atoms with van der Waals surface area (Å²) >= 11 is 1.70.